The number of nitrogens with zero attached hydrogens (tertiary/aromatic N) is 3. The number of carbonyl (C=O) groups is 2. The van der Waals surface area contributed by atoms with Gasteiger partial charge in [-0.15, -0.1) is 0 Å². The molecule has 0 saturated carbocycles. The number of amides is 2. The number of hydrogen-bond acceptors (Lipinski definition) is 4. The molecule has 0 atom stereocenters. The van der Waals surface area contributed by atoms with E-state index in [1.807, 2.05) is 19.0 Å². The molecule has 0 aliphatic carbocycles. The van der Waals surface area contributed by atoms with E-state index in [0.717, 1.165) is 13.1 Å². The summed E-state index contributed by atoms with van der Waals surface area (Å²) >= 11 is 0. The Morgan fingerprint density at radius 2 is 1.90 bits per heavy atom. The highest BCUT2D eigenvalue weighted by atomic mass is 16.3. The average Bonchev–Trinajstić information content (AvgIpc) is 3.04. The van der Waals surface area contributed by atoms with E-state index in [1.165, 1.54) is 6.26 Å². The van der Waals surface area contributed by atoms with E-state index < -0.39 is 5.54 Å². The van der Waals surface area contributed by atoms with Crippen LogP contribution in [0.25, 0.3) is 0 Å². The molecule has 21 heavy (non-hydrogen) atoms. The standard InChI is InChI=1S/C15H21N3O3/c1-16-9-10-17(2)15(14(16)20)5-7-18(8-6-15)13(19)12-4-3-11-21-12/h3-4,11H,5-10H2,1-2H3. The van der Waals surface area contributed by atoms with Gasteiger partial charge in [0, 0.05) is 33.2 Å². The topological polar surface area (TPSA) is 57.0 Å². The van der Waals surface area contributed by atoms with Crippen LogP contribution in [-0.4, -0.2) is 72.3 Å². The summed E-state index contributed by atoms with van der Waals surface area (Å²) in [6.45, 7) is 2.83. The van der Waals surface area contributed by atoms with Gasteiger partial charge in [-0.1, -0.05) is 0 Å². The highest BCUT2D eigenvalue weighted by Gasteiger charge is 2.49. The van der Waals surface area contributed by atoms with Crippen molar-refractivity contribution in [2.75, 3.05) is 40.3 Å². The zero-order valence-corrected chi connectivity index (χ0v) is 12.5. The molecular formula is C15H21N3O3. The molecule has 6 heteroatoms. The second-order valence-electron chi connectivity index (χ2n) is 5.95. The highest BCUT2D eigenvalue weighted by molar-refractivity contribution is 5.92. The van der Waals surface area contributed by atoms with Crippen molar-refractivity contribution in [3.8, 4) is 0 Å². The Morgan fingerprint density at radius 3 is 2.52 bits per heavy atom. The van der Waals surface area contributed by atoms with Crippen molar-refractivity contribution in [2.24, 2.45) is 0 Å². The fourth-order valence-electron chi connectivity index (χ4n) is 3.37. The van der Waals surface area contributed by atoms with Crippen LogP contribution in [0.5, 0.6) is 0 Å². The SMILES string of the molecule is CN1CCN(C)C2(CCN(C(=O)c3ccco3)CC2)C1=O. The maximum absolute atomic E-state index is 12.6. The second kappa shape index (κ2) is 5.18. The molecule has 3 rings (SSSR count). The number of furan rings is 1. The van der Waals surface area contributed by atoms with Crippen molar-refractivity contribution in [1.82, 2.24) is 14.7 Å². The van der Waals surface area contributed by atoms with E-state index in [-0.39, 0.29) is 11.8 Å². The molecule has 0 unspecified atom stereocenters. The van der Waals surface area contributed by atoms with E-state index >= 15 is 0 Å². The molecule has 0 aromatic carbocycles. The smallest absolute Gasteiger partial charge is 0.289 e. The van der Waals surface area contributed by atoms with Crippen LogP contribution in [0.3, 0.4) is 0 Å². The van der Waals surface area contributed by atoms with Gasteiger partial charge in [-0.05, 0) is 32.0 Å². The predicted octanol–water partition coefficient (Wildman–Crippen LogP) is 0.658. The summed E-state index contributed by atoms with van der Waals surface area (Å²) in [7, 11) is 3.87. The highest BCUT2D eigenvalue weighted by Crippen LogP contribution is 2.32. The Labute approximate surface area is 124 Å². The number of likely N-dealkylation sites (N-methyl/N-ethyl adjacent to an activating group) is 2. The Balaban J connectivity index is 1.72. The summed E-state index contributed by atoms with van der Waals surface area (Å²) in [6.07, 6.45) is 2.87. The number of hydrogen-bond donors (Lipinski definition) is 0. The lowest BCUT2D eigenvalue weighted by molar-refractivity contribution is -0.151. The quantitative estimate of drug-likeness (QED) is 0.762. The number of likely N-dealkylation sites (tertiary alicyclic amines) is 1. The Hall–Kier alpha value is -1.82. The molecular weight excluding hydrogens is 270 g/mol. The lowest BCUT2D eigenvalue weighted by atomic mass is 9.83. The van der Waals surface area contributed by atoms with Crippen LogP contribution in [0.1, 0.15) is 23.4 Å². The number of rotatable bonds is 1. The minimum atomic E-state index is -0.438. The molecule has 1 aromatic rings. The lowest BCUT2D eigenvalue weighted by Crippen LogP contribution is -2.67. The third-order valence-electron chi connectivity index (χ3n) is 4.86. The lowest BCUT2D eigenvalue weighted by Gasteiger charge is -2.50. The molecule has 1 spiro atoms. The van der Waals surface area contributed by atoms with Crippen LogP contribution < -0.4 is 0 Å². The average molecular weight is 291 g/mol. The summed E-state index contributed by atoms with van der Waals surface area (Å²) in [4.78, 5) is 30.6. The van der Waals surface area contributed by atoms with E-state index in [2.05, 4.69) is 4.90 Å². The Morgan fingerprint density at radius 1 is 1.19 bits per heavy atom. The van der Waals surface area contributed by atoms with Crippen LogP contribution in [0.2, 0.25) is 0 Å². The third-order valence-corrected chi connectivity index (χ3v) is 4.86. The van der Waals surface area contributed by atoms with Crippen LogP contribution in [0.15, 0.2) is 22.8 Å². The van der Waals surface area contributed by atoms with Crippen molar-refractivity contribution < 1.29 is 14.0 Å². The summed E-state index contributed by atoms with van der Waals surface area (Å²) in [5, 5.41) is 0. The number of piperidine rings is 1. The minimum absolute atomic E-state index is 0.0888. The molecule has 114 valence electrons. The summed E-state index contributed by atoms with van der Waals surface area (Å²) < 4.78 is 5.17. The number of carbonyl (C=O) groups excluding carboxylic acids is 2. The van der Waals surface area contributed by atoms with Crippen molar-refractivity contribution >= 4 is 11.8 Å². The van der Waals surface area contributed by atoms with Gasteiger partial charge in [0.05, 0.1) is 6.26 Å². The molecule has 6 nitrogen and oxygen atoms in total. The van der Waals surface area contributed by atoms with Gasteiger partial charge in [0.2, 0.25) is 5.91 Å². The van der Waals surface area contributed by atoms with E-state index in [4.69, 9.17) is 4.42 Å². The fourth-order valence-corrected chi connectivity index (χ4v) is 3.37. The summed E-state index contributed by atoms with van der Waals surface area (Å²) in [5.41, 5.74) is -0.438. The zero-order valence-electron chi connectivity index (χ0n) is 12.5. The molecule has 2 saturated heterocycles. The first-order valence-electron chi connectivity index (χ1n) is 7.34. The van der Waals surface area contributed by atoms with E-state index in [1.54, 1.807) is 17.0 Å². The van der Waals surface area contributed by atoms with Gasteiger partial charge < -0.3 is 14.2 Å². The van der Waals surface area contributed by atoms with Gasteiger partial charge >= 0.3 is 0 Å². The maximum atomic E-state index is 12.6. The van der Waals surface area contributed by atoms with E-state index in [9.17, 15) is 9.59 Å². The van der Waals surface area contributed by atoms with Crippen LogP contribution in [0, 0.1) is 0 Å². The molecule has 3 heterocycles. The molecule has 1 aromatic heterocycles. The zero-order chi connectivity index (χ0) is 15.0. The van der Waals surface area contributed by atoms with Crippen molar-refractivity contribution in [3.63, 3.8) is 0 Å². The molecule has 2 aliphatic rings. The molecule has 0 radical (unpaired) electrons. The van der Waals surface area contributed by atoms with Crippen molar-refractivity contribution in [1.29, 1.82) is 0 Å². The molecule has 2 amide bonds. The van der Waals surface area contributed by atoms with Crippen molar-refractivity contribution in [2.45, 2.75) is 18.4 Å². The second-order valence-corrected chi connectivity index (χ2v) is 5.95. The maximum Gasteiger partial charge on any atom is 0.289 e. The molecule has 0 bridgehead atoms. The molecule has 2 fully saturated rings. The Bertz CT molecular complexity index is 532. The summed E-state index contributed by atoms with van der Waals surface area (Å²) in [6, 6.07) is 3.39. The molecule has 0 N–H and O–H groups in total. The van der Waals surface area contributed by atoms with Crippen LogP contribution >= 0.6 is 0 Å². The van der Waals surface area contributed by atoms with Crippen LogP contribution in [0.4, 0.5) is 0 Å². The first kappa shape index (κ1) is 14.1. The minimum Gasteiger partial charge on any atom is -0.459 e. The fraction of sp³-hybridized carbons (Fsp3) is 0.600. The van der Waals surface area contributed by atoms with Gasteiger partial charge in [0.25, 0.3) is 5.91 Å². The van der Waals surface area contributed by atoms with Gasteiger partial charge in [0.1, 0.15) is 5.54 Å². The van der Waals surface area contributed by atoms with Gasteiger partial charge in [-0.25, -0.2) is 0 Å². The first-order chi connectivity index (χ1) is 10.0. The predicted molar refractivity (Wildman–Crippen MR) is 76.8 cm³/mol. The van der Waals surface area contributed by atoms with E-state index in [0.29, 0.717) is 31.7 Å². The largest absolute Gasteiger partial charge is 0.459 e. The monoisotopic (exact) mass is 291 g/mol. The van der Waals surface area contributed by atoms with Gasteiger partial charge in [-0.2, -0.15) is 0 Å². The van der Waals surface area contributed by atoms with Crippen molar-refractivity contribution in [3.05, 3.63) is 24.2 Å². The summed E-state index contributed by atoms with van der Waals surface area (Å²) in [5.74, 6) is 0.460. The number of piperazine rings is 1. The van der Waals surface area contributed by atoms with Gasteiger partial charge in [-0.3, -0.25) is 14.5 Å². The molecule has 2 aliphatic heterocycles. The van der Waals surface area contributed by atoms with Gasteiger partial charge in [0.15, 0.2) is 5.76 Å². The Kier molecular flexibility index (Phi) is 3.49. The normalized spacial score (nSPS) is 22.9. The first-order valence-corrected chi connectivity index (χ1v) is 7.34. The van der Waals surface area contributed by atoms with Crippen LogP contribution in [-0.2, 0) is 4.79 Å². The third kappa shape index (κ3) is 2.23.